The summed E-state index contributed by atoms with van der Waals surface area (Å²) in [6, 6.07) is 3.59. The van der Waals surface area contributed by atoms with E-state index in [4.69, 9.17) is 9.47 Å². The van der Waals surface area contributed by atoms with Gasteiger partial charge in [-0.05, 0) is 81.3 Å². The first kappa shape index (κ1) is 38.8. The van der Waals surface area contributed by atoms with Crippen LogP contribution < -0.4 is 20.1 Å². The summed E-state index contributed by atoms with van der Waals surface area (Å²) >= 11 is 0. The molecular weight excluding hydrogens is 706 g/mol. The molecular formula is C33H46F2N8O8S. The Morgan fingerprint density at radius 3 is 2.25 bits per heavy atom. The molecule has 2 saturated carbocycles. The maximum atomic E-state index is 14.4. The van der Waals surface area contributed by atoms with E-state index in [9.17, 15) is 36.4 Å². The molecule has 3 N–H and O–H groups in total. The number of alkyl halides is 2. The highest BCUT2D eigenvalue weighted by atomic mass is 32.2. The fourth-order valence-corrected chi connectivity index (χ4v) is 7.57. The van der Waals surface area contributed by atoms with Crippen LogP contribution in [0.3, 0.4) is 0 Å². The Balaban J connectivity index is 1.45. The van der Waals surface area contributed by atoms with E-state index in [1.165, 1.54) is 16.8 Å². The Labute approximate surface area is 300 Å². The second-order valence-corrected chi connectivity index (χ2v) is 17.8. The summed E-state index contributed by atoms with van der Waals surface area (Å²) in [6.07, 6.45) is -3.76. The van der Waals surface area contributed by atoms with Gasteiger partial charge >= 0.3 is 6.09 Å². The van der Waals surface area contributed by atoms with Gasteiger partial charge in [0.15, 0.2) is 0 Å². The number of methoxy groups -OCH3 is 1. The fourth-order valence-electron chi connectivity index (χ4n) is 6.21. The van der Waals surface area contributed by atoms with Gasteiger partial charge in [-0.1, -0.05) is 20.8 Å². The van der Waals surface area contributed by atoms with Crippen molar-refractivity contribution in [3.63, 3.8) is 0 Å². The van der Waals surface area contributed by atoms with E-state index in [2.05, 4.69) is 26.0 Å². The number of hydrogen-bond acceptors (Lipinski definition) is 11. The quantitative estimate of drug-likeness (QED) is 0.288. The minimum Gasteiger partial charge on any atom is -0.497 e. The summed E-state index contributed by atoms with van der Waals surface area (Å²) in [5.74, 6) is -3.68. The van der Waals surface area contributed by atoms with E-state index in [0.29, 0.717) is 24.2 Å². The second kappa shape index (κ2) is 14.2. The van der Waals surface area contributed by atoms with E-state index in [1.54, 1.807) is 45.0 Å². The van der Waals surface area contributed by atoms with Crippen molar-refractivity contribution < 1.29 is 45.9 Å². The van der Waals surface area contributed by atoms with Crippen LogP contribution in [0.4, 0.5) is 13.6 Å². The molecule has 0 spiro atoms. The molecule has 1 saturated heterocycles. The van der Waals surface area contributed by atoms with Gasteiger partial charge in [-0.3, -0.25) is 19.1 Å². The summed E-state index contributed by atoms with van der Waals surface area (Å²) in [7, 11) is -2.60. The zero-order chi connectivity index (χ0) is 38.4. The molecule has 3 aliphatic rings. The smallest absolute Gasteiger partial charge is 0.408 e. The van der Waals surface area contributed by atoms with Crippen molar-refractivity contribution in [2.24, 2.45) is 11.3 Å². The van der Waals surface area contributed by atoms with Crippen LogP contribution in [0.1, 0.15) is 79.7 Å². The van der Waals surface area contributed by atoms with Crippen molar-refractivity contribution in [3.8, 4) is 17.1 Å². The molecule has 1 unspecified atom stereocenters. The highest BCUT2D eigenvalue weighted by Crippen LogP contribution is 2.48. The number of likely N-dealkylation sites (tertiary alicyclic amines) is 1. The summed E-state index contributed by atoms with van der Waals surface area (Å²) in [5, 5.41) is 17.0. The third-order valence-corrected chi connectivity index (χ3v) is 10.9. The number of ether oxygens (including phenoxy) is 2. The molecule has 286 valence electrons. The molecule has 1 aliphatic heterocycles. The molecule has 2 aromatic rings. The minimum absolute atomic E-state index is 0.123. The number of carbonyl (C=O) groups excluding carboxylic acids is 4. The van der Waals surface area contributed by atoms with E-state index >= 15 is 0 Å². The number of benzene rings is 1. The molecule has 16 nitrogen and oxygen atoms in total. The van der Waals surface area contributed by atoms with Crippen molar-refractivity contribution in [3.05, 3.63) is 24.3 Å². The zero-order valence-electron chi connectivity index (χ0n) is 30.2. The Morgan fingerprint density at radius 1 is 1.06 bits per heavy atom. The van der Waals surface area contributed by atoms with E-state index in [0.717, 1.165) is 0 Å². The normalized spacial score (nSPS) is 23.9. The Bertz CT molecular complexity index is 1790. The topological polar surface area (TPSA) is 204 Å². The van der Waals surface area contributed by atoms with Gasteiger partial charge in [-0.15, -0.1) is 10.2 Å². The minimum atomic E-state index is -4.13. The van der Waals surface area contributed by atoms with Gasteiger partial charge in [0.25, 0.3) is 5.91 Å². The third-order valence-electron chi connectivity index (χ3n) is 9.04. The van der Waals surface area contributed by atoms with E-state index in [1.807, 2.05) is 25.5 Å². The van der Waals surface area contributed by atoms with Crippen molar-refractivity contribution in [2.75, 3.05) is 13.7 Å². The van der Waals surface area contributed by atoms with Crippen LogP contribution in [-0.4, -0.2) is 106 Å². The predicted molar refractivity (Wildman–Crippen MR) is 181 cm³/mol. The largest absolute Gasteiger partial charge is 0.497 e. The molecule has 0 bridgehead atoms. The molecule has 5 rings (SSSR count). The van der Waals surface area contributed by atoms with Crippen LogP contribution in [0.2, 0.25) is 0 Å². The number of nitrogens with zero attached hydrogens (tertiary/aromatic N) is 5. The summed E-state index contributed by atoms with van der Waals surface area (Å²) in [5.41, 5.74) is -2.98. The number of alkyl carbamates (subject to hydrolysis) is 1. The molecule has 0 radical (unpaired) electrons. The lowest BCUT2D eigenvalue weighted by atomic mass is 9.87. The number of halogens is 2. The number of hydrogen-bond donors (Lipinski definition) is 3. The van der Waals surface area contributed by atoms with Gasteiger partial charge in [0.2, 0.25) is 34.1 Å². The number of carbonyl (C=O) groups is 4. The van der Waals surface area contributed by atoms with Crippen LogP contribution in [0.5, 0.6) is 5.75 Å². The average molecular weight is 753 g/mol. The standard InChI is InChI=1S/C33H46F2N8O8S/c1-31(2,3)16-23(36-30(47)51-32(4,5)6)28(45)42-17-19(43-39-26(38-41-43)18-8-10-20(50-7)11-9-18)14-24(42)27(44)37-33(15-22(33)25(34)35)29(46)40-52(48,49)21-12-13-21/h8-11,19,21-25H,12-17H2,1-7H3,(H,36,47)(H,37,44)(H,40,46)/t19-,22+,23+,24?,33-/m1/s1. The number of sulfonamides is 1. The monoisotopic (exact) mass is 752 g/mol. The van der Waals surface area contributed by atoms with Gasteiger partial charge in [0, 0.05) is 18.5 Å². The third kappa shape index (κ3) is 8.95. The van der Waals surface area contributed by atoms with Crippen molar-refractivity contribution in [1.29, 1.82) is 0 Å². The highest BCUT2D eigenvalue weighted by molar-refractivity contribution is 7.91. The molecule has 3 fully saturated rings. The van der Waals surface area contributed by atoms with Crippen LogP contribution >= 0.6 is 0 Å². The average Bonchev–Trinajstić information content (AvgIpc) is 3.92. The second-order valence-electron chi connectivity index (χ2n) is 15.8. The highest BCUT2D eigenvalue weighted by Gasteiger charge is 2.66. The lowest BCUT2D eigenvalue weighted by Crippen LogP contribution is -2.59. The number of amides is 4. The molecule has 2 heterocycles. The maximum absolute atomic E-state index is 14.4. The Kier molecular flexibility index (Phi) is 10.6. The molecule has 19 heteroatoms. The van der Waals surface area contributed by atoms with Gasteiger partial charge in [0.05, 0.1) is 24.3 Å². The lowest BCUT2D eigenvalue weighted by Gasteiger charge is -2.33. The van der Waals surface area contributed by atoms with Crippen LogP contribution in [0, 0.1) is 11.3 Å². The van der Waals surface area contributed by atoms with Crippen LogP contribution in [0.25, 0.3) is 11.4 Å². The van der Waals surface area contributed by atoms with Crippen LogP contribution in [-0.2, 0) is 29.1 Å². The van der Waals surface area contributed by atoms with Gasteiger partial charge in [-0.25, -0.2) is 22.0 Å². The van der Waals surface area contributed by atoms with Crippen molar-refractivity contribution in [2.45, 2.75) is 115 Å². The van der Waals surface area contributed by atoms with Gasteiger partial charge in [-0.2, -0.15) is 4.80 Å². The SMILES string of the molecule is COc1ccc(-c2nnn([C@@H]3CC(C(=O)N[C@]4(C(=O)NS(=O)(=O)C5CC5)C[C@H]4C(F)F)N(C(=O)[C@H](CC(C)(C)C)NC(=O)OC(C)(C)C)C3)n2)cc1. The first-order valence-corrected chi connectivity index (χ1v) is 18.6. The fraction of sp³-hybridized carbons (Fsp3) is 0.667. The van der Waals surface area contributed by atoms with E-state index in [-0.39, 0.29) is 25.2 Å². The summed E-state index contributed by atoms with van der Waals surface area (Å²) in [4.78, 5) is 57.1. The molecule has 4 amide bonds. The van der Waals surface area contributed by atoms with Crippen LogP contribution in [0.15, 0.2) is 24.3 Å². The molecule has 1 aromatic carbocycles. The number of nitrogens with one attached hydrogen (secondary N) is 3. The summed E-state index contributed by atoms with van der Waals surface area (Å²) in [6.45, 7) is 10.4. The molecule has 52 heavy (non-hydrogen) atoms. The molecule has 1 aromatic heterocycles. The van der Waals surface area contributed by atoms with Crippen molar-refractivity contribution in [1.82, 2.24) is 40.5 Å². The zero-order valence-corrected chi connectivity index (χ0v) is 31.0. The number of rotatable bonds is 12. The molecule has 5 atom stereocenters. The first-order chi connectivity index (χ1) is 24.1. The maximum Gasteiger partial charge on any atom is 0.408 e. The Morgan fingerprint density at radius 2 is 1.71 bits per heavy atom. The molecule has 2 aliphatic carbocycles. The van der Waals surface area contributed by atoms with Gasteiger partial charge in [0.1, 0.15) is 29.0 Å². The Hall–Kier alpha value is -4.42. The number of aromatic nitrogens is 4. The van der Waals surface area contributed by atoms with Gasteiger partial charge < -0.3 is 25.0 Å². The van der Waals surface area contributed by atoms with Crippen molar-refractivity contribution >= 4 is 33.8 Å². The van der Waals surface area contributed by atoms with E-state index < -0.39 is 92.5 Å². The summed E-state index contributed by atoms with van der Waals surface area (Å²) < 4.78 is 65.8. The predicted octanol–water partition coefficient (Wildman–Crippen LogP) is 2.57. The first-order valence-electron chi connectivity index (χ1n) is 17.0. The number of tetrazole rings is 1. The lowest BCUT2D eigenvalue weighted by molar-refractivity contribution is -0.141.